The first-order valence-electron chi connectivity index (χ1n) is 7.43. The number of rotatable bonds is 3. The molecule has 0 spiro atoms. The number of imidazole rings is 1. The maximum absolute atomic E-state index is 6.29. The van der Waals surface area contributed by atoms with Gasteiger partial charge in [-0.2, -0.15) is 0 Å². The average molecular weight is 365 g/mol. The zero-order chi connectivity index (χ0) is 15.8. The van der Waals surface area contributed by atoms with E-state index in [4.69, 9.17) is 23.2 Å². The maximum Gasteiger partial charge on any atom is 0.211 e. The molecule has 118 valence electrons. The molecule has 0 aliphatic carbocycles. The summed E-state index contributed by atoms with van der Waals surface area (Å²) in [6.45, 7) is 2.10. The third-order valence-electron chi connectivity index (χ3n) is 3.90. The highest BCUT2D eigenvalue weighted by Crippen LogP contribution is 2.38. The molecule has 23 heavy (non-hydrogen) atoms. The van der Waals surface area contributed by atoms with Crippen molar-refractivity contribution < 1.29 is 0 Å². The molecule has 0 amide bonds. The fraction of sp³-hybridized carbons (Fsp3) is 0.250. The van der Waals surface area contributed by atoms with Crippen molar-refractivity contribution in [3.8, 4) is 0 Å². The molecule has 0 unspecified atom stereocenters. The molecule has 4 nitrogen and oxygen atoms in total. The zero-order valence-electron chi connectivity index (χ0n) is 12.2. The summed E-state index contributed by atoms with van der Waals surface area (Å²) in [7, 11) is 0. The predicted molar refractivity (Wildman–Crippen MR) is 95.0 cm³/mol. The first kappa shape index (κ1) is 15.1. The van der Waals surface area contributed by atoms with E-state index in [-0.39, 0.29) is 0 Å². The van der Waals surface area contributed by atoms with E-state index in [0.717, 1.165) is 34.5 Å². The van der Waals surface area contributed by atoms with Gasteiger partial charge in [0.15, 0.2) is 5.65 Å². The van der Waals surface area contributed by atoms with Crippen LogP contribution in [0.1, 0.15) is 12.8 Å². The van der Waals surface area contributed by atoms with Crippen LogP contribution >= 0.6 is 35.0 Å². The summed E-state index contributed by atoms with van der Waals surface area (Å²) in [6, 6.07) is 5.63. The summed E-state index contributed by atoms with van der Waals surface area (Å²) in [5.74, 6) is 0.955. The van der Waals surface area contributed by atoms with Crippen LogP contribution in [-0.2, 0) is 0 Å². The summed E-state index contributed by atoms with van der Waals surface area (Å²) in [6.07, 6.45) is 8.07. The van der Waals surface area contributed by atoms with Crippen LogP contribution in [0.2, 0.25) is 10.0 Å². The number of benzene rings is 1. The Labute approximate surface area is 148 Å². The lowest BCUT2D eigenvalue weighted by Gasteiger charge is -2.18. The lowest BCUT2D eigenvalue weighted by Crippen LogP contribution is -2.21. The molecule has 0 N–H and O–H groups in total. The number of hydrogen-bond acceptors (Lipinski definition) is 4. The van der Waals surface area contributed by atoms with Crippen LogP contribution in [0, 0.1) is 0 Å². The Hall–Kier alpha value is -1.43. The Morgan fingerprint density at radius 3 is 2.70 bits per heavy atom. The molecule has 7 heteroatoms. The molecule has 4 rings (SSSR count). The van der Waals surface area contributed by atoms with E-state index in [1.54, 1.807) is 12.3 Å². The summed E-state index contributed by atoms with van der Waals surface area (Å²) in [5, 5.41) is 1.12. The smallest absolute Gasteiger partial charge is 0.211 e. The molecule has 0 bridgehead atoms. The van der Waals surface area contributed by atoms with Gasteiger partial charge in [0, 0.05) is 36.6 Å². The van der Waals surface area contributed by atoms with Crippen molar-refractivity contribution in [3.63, 3.8) is 0 Å². The van der Waals surface area contributed by atoms with E-state index < -0.39 is 0 Å². The van der Waals surface area contributed by atoms with E-state index >= 15 is 0 Å². The van der Waals surface area contributed by atoms with Crippen LogP contribution in [0.4, 0.5) is 5.95 Å². The second-order valence-corrected chi connectivity index (χ2v) is 7.26. The van der Waals surface area contributed by atoms with Crippen molar-refractivity contribution >= 4 is 46.6 Å². The molecule has 3 aromatic rings. The van der Waals surface area contributed by atoms with Gasteiger partial charge in [-0.15, -0.1) is 0 Å². The standard InChI is InChI=1S/C16H14Cl2N4S/c17-11-4-3-5-12(14(11)18)23-13-10-20-16(21-7-1-2-8-21)22-9-6-19-15(13)22/h3-6,9-10H,1-2,7-8H2. The lowest BCUT2D eigenvalue weighted by molar-refractivity contribution is 0.868. The molecule has 1 aromatic carbocycles. The van der Waals surface area contributed by atoms with Crippen molar-refractivity contribution in [2.45, 2.75) is 22.6 Å². The van der Waals surface area contributed by atoms with Crippen LogP contribution in [0.25, 0.3) is 5.65 Å². The summed E-state index contributed by atoms with van der Waals surface area (Å²) in [5.41, 5.74) is 0.892. The van der Waals surface area contributed by atoms with Crippen LogP contribution in [0.15, 0.2) is 46.6 Å². The van der Waals surface area contributed by atoms with E-state index in [9.17, 15) is 0 Å². The number of aromatic nitrogens is 3. The Bertz CT molecular complexity index is 858. The minimum atomic E-state index is 0.553. The first-order chi connectivity index (χ1) is 11.2. The Morgan fingerprint density at radius 1 is 1.04 bits per heavy atom. The molecule has 1 saturated heterocycles. The minimum absolute atomic E-state index is 0.553. The van der Waals surface area contributed by atoms with Crippen LogP contribution < -0.4 is 4.90 Å². The molecule has 1 aliphatic heterocycles. The predicted octanol–water partition coefficient (Wildman–Crippen LogP) is 4.79. The van der Waals surface area contributed by atoms with Gasteiger partial charge in [-0.25, -0.2) is 9.97 Å². The van der Waals surface area contributed by atoms with Gasteiger partial charge in [0.2, 0.25) is 5.95 Å². The molecule has 1 aliphatic rings. The average Bonchev–Trinajstić information content (AvgIpc) is 3.23. The van der Waals surface area contributed by atoms with Gasteiger partial charge in [-0.3, -0.25) is 4.40 Å². The molecule has 0 saturated carbocycles. The van der Waals surface area contributed by atoms with Gasteiger partial charge in [0.1, 0.15) is 0 Å². The number of anilines is 1. The third-order valence-corrected chi connectivity index (χ3v) is 5.90. The highest BCUT2D eigenvalue weighted by Gasteiger charge is 2.19. The lowest BCUT2D eigenvalue weighted by atomic mass is 10.4. The first-order valence-corrected chi connectivity index (χ1v) is 9.00. The fourth-order valence-corrected chi connectivity index (χ4v) is 4.19. The normalized spacial score (nSPS) is 14.8. The van der Waals surface area contributed by atoms with Crippen molar-refractivity contribution in [1.82, 2.24) is 14.4 Å². The third kappa shape index (κ3) is 2.77. The quantitative estimate of drug-likeness (QED) is 0.668. The van der Waals surface area contributed by atoms with E-state index in [1.165, 1.54) is 24.6 Å². The topological polar surface area (TPSA) is 33.4 Å². The van der Waals surface area contributed by atoms with E-state index in [0.29, 0.717) is 10.0 Å². The largest absolute Gasteiger partial charge is 0.342 e. The summed E-state index contributed by atoms with van der Waals surface area (Å²) in [4.78, 5) is 13.3. The van der Waals surface area contributed by atoms with Crippen LogP contribution in [0.3, 0.4) is 0 Å². The van der Waals surface area contributed by atoms with E-state index in [2.05, 4.69) is 14.9 Å². The monoisotopic (exact) mass is 364 g/mol. The Balaban J connectivity index is 1.75. The van der Waals surface area contributed by atoms with Crippen molar-refractivity contribution in [3.05, 3.63) is 46.8 Å². The van der Waals surface area contributed by atoms with Gasteiger partial charge in [0.05, 0.1) is 14.9 Å². The van der Waals surface area contributed by atoms with Gasteiger partial charge in [-0.05, 0) is 25.0 Å². The molecular formula is C16H14Cl2N4S. The molecular weight excluding hydrogens is 351 g/mol. The molecule has 1 fully saturated rings. The highest BCUT2D eigenvalue weighted by molar-refractivity contribution is 7.99. The molecule has 3 heterocycles. The minimum Gasteiger partial charge on any atom is -0.342 e. The molecule has 2 aromatic heterocycles. The maximum atomic E-state index is 6.29. The van der Waals surface area contributed by atoms with Gasteiger partial charge in [0.25, 0.3) is 0 Å². The zero-order valence-corrected chi connectivity index (χ0v) is 14.6. The second kappa shape index (κ2) is 6.23. The van der Waals surface area contributed by atoms with Crippen LogP contribution in [-0.4, -0.2) is 27.5 Å². The summed E-state index contributed by atoms with van der Waals surface area (Å²) >= 11 is 13.9. The SMILES string of the molecule is Clc1cccc(Sc2cnc(N3CCCC3)n3ccnc23)c1Cl. The Morgan fingerprint density at radius 2 is 1.87 bits per heavy atom. The Kier molecular flexibility index (Phi) is 4.09. The highest BCUT2D eigenvalue weighted by atomic mass is 35.5. The molecule has 0 radical (unpaired) electrons. The number of fused-ring (bicyclic) bond motifs is 1. The number of hydrogen-bond donors (Lipinski definition) is 0. The van der Waals surface area contributed by atoms with E-state index in [1.807, 2.05) is 28.9 Å². The van der Waals surface area contributed by atoms with Gasteiger partial charge < -0.3 is 4.90 Å². The number of nitrogens with zero attached hydrogens (tertiary/aromatic N) is 4. The summed E-state index contributed by atoms with van der Waals surface area (Å²) < 4.78 is 2.05. The van der Waals surface area contributed by atoms with Crippen molar-refractivity contribution in [2.75, 3.05) is 18.0 Å². The second-order valence-electron chi connectivity index (χ2n) is 5.39. The fourth-order valence-electron chi connectivity index (χ4n) is 2.79. The van der Waals surface area contributed by atoms with Crippen LogP contribution in [0.5, 0.6) is 0 Å². The molecule has 0 atom stereocenters. The van der Waals surface area contributed by atoms with Gasteiger partial charge in [-0.1, -0.05) is 41.0 Å². The van der Waals surface area contributed by atoms with Crippen molar-refractivity contribution in [1.29, 1.82) is 0 Å². The van der Waals surface area contributed by atoms with Crippen molar-refractivity contribution in [2.24, 2.45) is 0 Å². The van der Waals surface area contributed by atoms with Gasteiger partial charge >= 0.3 is 0 Å². The number of halogens is 2.